The van der Waals surface area contributed by atoms with E-state index in [1.807, 2.05) is 26.0 Å². The molecule has 0 aromatic carbocycles. The van der Waals surface area contributed by atoms with Crippen molar-refractivity contribution >= 4 is 33.2 Å². The molecule has 0 aliphatic carbocycles. The number of carbonyl (C=O) groups excluding carboxylic acids is 1. The molecule has 20 heavy (non-hydrogen) atoms. The lowest BCUT2D eigenvalue weighted by molar-refractivity contribution is 0.0892. The summed E-state index contributed by atoms with van der Waals surface area (Å²) in [5.74, 6) is -0.119. The maximum Gasteiger partial charge on any atom is 0.272 e. The van der Waals surface area contributed by atoms with Crippen molar-refractivity contribution in [3.8, 4) is 10.6 Å². The van der Waals surface area contributed by atoms with Crippen LogP contribution in [0.2, 0.25) is 0 Å². The van der Waals surface area contributed by atoms with Gasteiger partial charge in [-0.15, -0.1) is 11.3 Å². The Morgan fingerprint density at radius 2 is 2.30 bits per heavy atom. The molecule has 5 nitrogen and oxygen atoms in total. The number of rotatable bonds is 5. The molecule has 0 radical (unpaired) electrons. The third kappa shape index (κ3) is 3.47. The second-order valence-corrected chi connectivity index (χ2v) is 7.24. The van der Waals surface area contributed by atoms with E-state index < -0.39 is 0 Å². The topological polar surface area (TPSA) is 78.0 Å². The first-order chi connectivity index (χ1) is 9.51. The minimum atomic E-state index is -0.282. The smallest absolute Gasteiger partial charge is 0.272 e. The zero-order valence-electron chi connectivity index (χ0n) is 11.2. The molecular formula is C13H16BrN3O2S. The fourth-order valence-electron chi connectivity index (χ4n) is 1.69. The SMILES string of the molecule is CC(C)[C@@H](CO)NC(=O)c1cc(-c2ccc(Br)s2)[nH]n1. The van der Waals surface area contributed by atoms with Gasteiger partial charge in [0.1, 0.15) is 0 Å². The molecule has 2 aromatic heterocycles. The lowest BCUT2D eigenvalue weighted by atomic mass is 10.1. The predicted octanol–water partition coefficient (Wildman–Crippen LogP) is 2.65. The standard InChI is InChI=1S/C13H16BrN3O2S/c1-7(2)10(6-18)15-13(19)9-5-8(16-17-9)11-3-4-12(14)20-11/h3-5,7,10,18H,6H2,1-2H3,(H,15,19)(H,16,17)/t10-/m1/s1. The highest BCUT2D eigenvalue weighted by molar-refractivity contribution is 9.11. The summed E-state index contributed by atoms with van der Waals surface area (Å²) >= 11 is 4.96. The molecule has 3 N–H and O–H groups in total. The molecule has 2 aromatic rings. The Hall–Kier alpha value is -1.18. The number of hydrogen-bond acceptors (Lipinski definition) is 4. The van der Waals surface area contributed by atoms with Crippen molar-refractivity contribution in [3.63, 3.8) is 0 Å². The van der Waals surface area contributed by atoms with E-state index in [1.165, 1.54) is 0 Å². The van der Waals surface area contributed by atoms with Gasteiger partial charge < -0.3 is 10.4 Å². The molecule has 0 bridgehead atoms. The highest BCUT2D eigenvalue weighted by Gasteiger charge is 2.18. The van der Waals surface area contributed by atoms with Crippen LogP contribution >= 0.6 is 27.3 Å². The van der Waals surface area contributed by atoms with Crippen LogP contribution in [0, 0.1) is 5.92 Å². The van der Waals surface area contributed by atoms with Crippen molar-refractivity contribution < 1.29 is 9.90 Å². The number of halogens is 1. The number of carbonyl (C=O) groups is 1. The van der Waals surface area contributed by atoms with Gasteiger partial charge in [0.15, 0.2) is 5.69 Å². The number of aromatic amines is 1. The van der Waals surface area contributed by atoms with Crippen molar-refractivity contribution in [1.82, 2.24) is 15.5 Å². The molecule has 108 valence electrons. The van der Waals surface area contributed by atoms with Crippen LogP contribution in [-0.4, -0.2) is 33.9 Å². The second-order valence-electron chi connectivity index (χ2n) is 4.78. The Kier molecular flexibility index (Phi) is 4.95. The van der Waals surface area contributed by atoms with Gasteiger partial charge in [0.05, 0.1) is 27.0 Å². The first-order valence-electron chi connectivity index (χ1n) is 6.24. The minimum absolute atomic E-state index is 0.0848. The number of H-pyrrole nitrogens is 1. The van der Waals surface area contributed by atoms with Crippen molar-refractivity contribution in [2.75, 3.05) is 6.61 Å². The monoisotopic (exact) mass is 357 g/mol. The van der Waals surface area contributed by atoms with Gasteiger partial charge in [0.2, 0.25) is 0 Å². The summed E-state index contributed by atoms with van der Waals surface area (Å²) in [6.07, 6.45) is 0. The lowest BCUT2D eigenvalue weighted by Crippen LogP contribution is -2.41. The summed E-state index contributed by atoms with van der Waals surface area (Å²) in [7, 11) is 0. The van der Waals surface area contributed by atoms with E-state index in [0.717, 1.165) is 14.4 Å². The average molecular weight is 358 g/mol. The van der Waals surface area contributed by atoms with Crippen LogP contribution in [0.5, 0.6) is 0 Å². The molecule has 0 saturated heterocycles. The molecular weight excluding hydrogens is 342 g/mol. The van der Waals surface area contributed by atoms with Gasteiger partial charge in [-0.2, -0.15) is 5.10 Å². The molecule has 1 atom stereocenters. The normalized spacial score (nSPS) is 12.7. The molecule has 0 aliphatic rings. The molecule has 0 unspecified atom stereocenters. The van der Waals surface area contributed by atoms with Crippen LogP contribution in [0.4, 0.5) is 0 Å². The van der Waals surface area contributed by atoms with Gasteiger partial charge in [-0.3, -0.25) is 9.89 Å². The highest BCUT2D eigenvalue weighted by atomic mass is 79.9. The maximum absolute atomic E-state index is 12.1. The molecule has 2 rings (SSSR count). The summed E-state index contributed by atoms with van der Waals surface area (Å²) in [6, 6.07) is 5.34. The van der Waals surface area contributed by atoms with Crippen LogP contribution in [-0.2, 0) is 0 Å². The number of aliphatic hydroxyl groups is 1. The Balaban J connectivity index is 2.10. The third-order valence-electron chi connectivity index (χ3n) is 2.97. The summed E-state index contributed by atoms with van der Waals surface area (Å²) in [5.41, 5.74) is 1.12. The highest BCUT2D eigenvalue weighted by Crippen LogP contribution is 2.30. The number of aliphatic hydroxyl groups excluding tert-OH is 1. The average Bonchev–Trinajstić information content (AvgIpc) is 3.03. The van der Waals surface area contributed by atoms with E-state index in [4.69, 9.17) is 0 Å². The van der Waals surface area contributed by atoms with E-state index in [0.29, 0.717) is 5.69 Å². The van der Waals surface area contributed by atoms with Crippen molar-refractivity contribution in [2.24, 2.45) is 5.92 Å². The molecule has 0 saturated carbocycles. The molecule has 1 amide bonds. The summed E-state index contributed by atoms with van der Waals surface area (Å²) < 4.78 is 1.02. The molecule has 2 heterocycles. The molecule has 7 heteroatoms. The molecule has 0 aliphatic heterocycles. The number of nitrogens with zero attached hydrogens (tertiary/aromatic N) is 1. The largest absolute Gasteiger partial charge is 0.394 e. The fourth-order valence-corrected chi connectivity index (χ4v) is 3.04. The van der Waals surface area contributed by atoms with Gasteiger partial charge in [-0.25, -0.2) is 0 Å². The van der Waals surface area contributed by atoms with Crippen LogP contribution in [0.25, 0.3) is 10.6 Å². The number of nitrogens with one attached hydrogen (secondary N) is 2. The van der Waals surface area contributed by atoms with Gasteiger partial charge in [0, 0.05) is 0 Å². The minimum Gasteiger partial charge on any atom is -0.394 e. The van der Waals surface area contributed by atoms with E-state index in [1.54, 1.807) is 17.4 Å². The third-order valence-corrected chi connectivity index (χ3v) is 4.62. The summed E-state index contributed by atoms with van der Waals surface area (Å²) in [5, 5.41) is 18.9. The van der Waals surface area contributed by atoms with Crippen molar-refractivity contribution in [3.05, 3.63) is 27.7 Å². The number of thiophene rings is 1. The summed E-state index contributed by atoms with van der Waals surface area (Å²) in [4.78, 5) is 13.1. The van der Waals surface area contributed by atoms with Gasteiger partial charge in [-0.05, 0) is 40.0 Å². The summed E-state index contributed by atoms with van der Waals surface area (Å²) in [6.45, 7) is 3.80. The Bertz CT molecular complexity index is 594. The number of hydrogen-bond donors (Lipinski definition) is 3. The molecule has 0 fully saturated rings. The Morgan fingerprint density at radius 3 is 2.85 bits per heavy atom. The zero-order chi connectivity index (χ0) is 14.7. The van der Waals surface area contributed by atoms with Crippen LogP contribution < -0.4 is 5.32 Å². The van der Waals surface area contributed by atoms with Crippen molar-refractivity contribution in [2.45, 2.75) is 19.9 Å². The first kappa shape index (κ1) is 15.2. The van der Waals surface area contributed by atoms with E-state index in [2.05, 4.69) is 31.4 Å². The maximum atomic E-state index is 12.1. The Labute approximate surface area is 129 Å². The second kappa shape index (κ2) is 6.51. The Morgan fingerprint density at radius 1 is 1.55 bits per heavy atom. The quantitative estimate of drug-likeness (QED) is 0.769. The van der Waals surface area contributed by atoms with E-state index >= 15 is 0 Å². The van der Waals surface area contributed by atoms with Crippen LogP contribution in [0.3, 0.4) is 0 Å². The lowest BCUT2D eigenvalue weighted by Gasteiger charge is -2.18. The van der Waals surface area contributed by atoms with E-state index in [9.17, 15) is 9.90 Å². The zero-order valence-corrected chi connectivity index (χ0v) is 13.6. The fraction of sp³-hybridized carbons (Fsp3) is 0.385. The first-order valence-corrected chi connectivity index (χ1v) is 7.85. The van der Waals surface area contributed by atoms with Crippen LogP contribution in [0.1, 0.15) is 24.3 Å². The van der Waals surface area contributed by atoms with Gasteiger partial charge in [-0.1, -0.05) is 13.8 Å². The van der Waals surface area contributed by atoms with Crippen LogP contribution in [0.15, 0.2) is 22.0 Å². The number of aromatic nitrogens is 2. The predicted molar refractivity (Wildman–Crippen MR) is 82.8 cm³/mol. The molecule has 0 spiro atoms. The van der Waals surface area contributed by atoms with Gasteiger partial charge >= 0.3 is 0 Å². The van der Waals surface area contributed by atoms with E-state index in [-0.39, 0.29) is 24.5 Å². The van der Waals surface area contributed by atoms with Gasteiger partial charge in [0.25, 0.3) is 5.91 Å². The number of amides is 1. The van der Waals surface area contributed by atoms with Crippen molar-refractivity contribution in [1.29, 1.82) is 0 Å².